The number of carbonyl (C=O) groups excluding carboxylic acids is 1. The first kappa shape index (κ1) is 16.0. The predicted molar refractivity (Wildman–Crippen MR) is 82.0 cm³/mol. The first-order valence-corrected chi connectivity index (χ1v) is 7.48. The van der Waals surface area contributed by atoms with Gasteiger partial charge in [-0.25, -0.2) is 0 Å². The molecule has 118 valence electrons. The Morgan fingerprint density at radius 3 is 2.76 bits per heavy atom. The van der Waals surface area contributed by atoms with Crippen LogP contribution in [0.3, 0.4) is 0 Å². The Balaban J connectivity index is 2.06. The zero-order chi connectivity index (χ0) is 15.8. The number of anilines is 1. The lowest BCUT2D eigenvalue weighted by Crippen LogP contribution is -2.74. The van der Waals surface area contributed by atoms with Crippen LogP contribution >= 0.6 is 0 Å². The van der Waals surface area contributed by atoms with Crippen molar-refractivity contribution in [3.05, 3.63) is 12.4 Å². The fourth-order valence-electron chi connectivity index (χ4n) is 2.75. The molecule has 1 saturated carbocycles. The van der Waals surface area contributed by atoms with Crippen LogP contribution in [0.5, 0.6) is 0 Å². The molecule has 1 aromatic heterocycles. The molecule has 1 fully saturated rings. The third-order valence-electron chi connectivity index (χ3n) is 4.62. The molecular weight excluding hydrogens is 268 g/mol. The summed E-state index contributed by atoms with van der Waals surface area (Å²) in [5, 5.41) is 7.09. The van der Waals surface area contributed by atoms with Gasteiger partial charge in [-0.2, -0.15) is 5.10 Å². The number of amides is 1. The van der Waals surface area contributed by atoms with Gasteiger partial charge in [0.15, 0.2) is 0 Å². The van der Waals surface area contributed by atoms with Crippen molar-refractivity contribution < 1.29 is 9.53 Å². The second-order valence-electron chi connectivity index (χ2n) is 6.60. The molecule has 0 aliphatic heterocycles. The number of nitrogens with zero attached hydrogens (tertiary/aromatic N) is 2. The van der Waals surface area contributed by atoms with Crippen LogP contribution in [0, 0.1) is 5.41 Å². The monoisotopic (exact) mass is 294 g/mol. The molecule has 0 bridgehead atoms. The van der Waals surface area contributed by atoms with Crippen LogP contribution in [0.4, 0.5) is 5.69 Å². The van der Waals surface area contributed by atoms with E-state index in [9.17, 15) is 4.79 Å². The van der Waals surface area contributed by atoms with E-state index in [-0.39, 0.29) is 23.5 Å². The molecule has 1 amide bonds. The summed E-state index contributed by atoms with van der Waals surface area (Å²) in [6, 6.07) is 0.255. The minimum atomic E-state index is -0.910. The maximum absolute atomic E-state index is 12.5. The molecule has 1 heterocycles. The van der Waals surface area contributed by atoms with E-state index in [1.54, 1.807) is 10.9 Å². The number of hydrogen-bond acceptors (Lipinski definition) is 4. The van der Waals surface area contributed by atoms with Gasteiger partial charge < -0.3 is 15.8 Å². The normalized spacial score (nSPS) is 27.5. The van der Waals surface area contributed by atoms with Crippen molar-refractivity contribution in [1.82, 2.24) is 9.78 Å². The Morgan fingerprint density at radius 1 is 1.62 bits per heavy atom. The summed E-state index contributed by atoms with van der Waals surface area (Å²) in [6.45, 7) is 10.6. The van der Waals surface area contributed by atoms with E-state index in [1.165, 1.54) is 0 Å². The molecule has 1 aromatic rings. The average Bonchev–Trinajstić information content (AvgIpc) is 2.86. The summed E-state index contributed by atoms with van der Waals surface area (Å²) in [7, 11) is 0. The Morgan fingerprint density at radius 2 is 2.29 bits per heavy atom. The topological polar surface area (TPSA) is 82.2 Å². The Labute approximate surface area is 126 Å². The van der Waals surface area contributed by atoms with E-state index in [1.807, 2.05) is 40.8 Å². The lowest BCUT2D eigenvalue weighted by molar-refractivity contribution is -0.166. The minimum Gasteiger partial charge on any atom is -0.378 e. The van der Waals surface area contributed by atoms with Crippen molar-refractivity contribution in [2.45, 2.75) is 58.7 Å². The largest absolute Gasteiger partial charge is 0.378 e. The molecule has 21 heavy (non-hydrogen) atoms. The number of aromatic nitrogens is 2. The quantitative estimate of drug-likeness (QED) is 0.869. The molecule has 1 aliphatic rings. The highest BCUT2D eigenvalue weighted by Crippen LogP contribution is 2.50. The summed E-state index contributed by atoms with van der Waals surface area (Å²) in [6.07, 6.45) is 4.03. The Bertz CT molecular complexity index is 523. The van der Waals surface area contributed by atoms with E-state index in [4.69, 9.17) is 10.5 Å². The summed E-state index contributed by atoms with van der Waals surface area (Å²) in [5.74, 6) is -0.174. The van der Waals surface area contributed by atoms with Gasteiger partial charge in [0, 0.05) is 30.7 Å². The molecule has 2 unspecified atom stereocenters. The highest BCUT2D eigenvalue weighted by Gasteiger charge is 2.62. The minimum absolute atomic E-state index is 0.0247. The van der Waals surface area contributed by atoms with Crippen LogP contribution in [-0.2, 0) is 9.53 Å². The predicted octanol–water partition coefficient (Wildman–Crippen LogP) is 1.93. The second kappa shape index (κ2) is 5.42. The Hall–Kier alpha value is -1.40. The number of nitrogens with one attached hydrogen (secondary N) is 1. The number of rotatable bonds is 5. The standard InChI is InChI=1S/C15H26N4O2/c1-6-21-12-7-15(16,14(12,4)5)13(20)18-11-8-17-19(9-11)10(2)3/h8-10,12H,6-7,16H2,1-5H3,(H,18,20). The summed E-state index contributed by atoms with van der Waals surface area (Å²) < 4.78 is 7.45. The SMILES string of the molecule is CCOC1CC(N)(C(=O)Nc2cnn(C(C)C)c2)C1(C)C. The number of carbonyl (C=O) groups is 1. The van der Waals surface area contributed by atoms with Crippen molar-refractivity contribution in [3.8, 4) is 0 Å². The summed E-state index contributed by atoms with van der Waals surface area (Å²) >= 11 is 0. The Kier molecular flexibility index (Phi) is 4.13. The average molecular weight is 294 g/mol. The molecule has 2 atom stereocenters. The maximum Gasteiger partial charge on any atom is 0.245 e. The van der Waals surface area contributed by atoms with Gasteiger partial charge in [0.05, 0.1) is 18.0 Å². The van der Waals surface area contributed by atoms with Crippen molar-refractivity contribution in [1.29, 1.82) is 0 Å². The zero-order valence-corrected chi connectivity index (χ0v) is 13.5. The molecule has 0 saturated heterocycles. The highest BCUT2D eigenvalue weighted by atomic mass is 16.5. The van der Waals surface area contributed by atoms with E-state index in [0.29, 0.717) is 18.7 Å². The van der Waals surface area contributed by atoms with E-state index >= 15 is 0 Å². The van der Waals surface area contributed by atoms with Crippen LogP contribution in [0.2, 0.25) is 0 Å². The summed E-state index contributed by atoms with van der Waals surface area (Å²) in [4.78, 5) is 12.5. The smallest absolute Gasteiger partial charge is 0.245 e. The van der Waals surface area contributed by atoms with E-state index < -0.39 is 5.54 Å². The first-order chi connectivity index (χ1) is 9.72. The summed E-state index contributed by atoms with van der Waals surface area (Å²) in [5.41, 5.74) is 5.72. The zero-order valence-electron chi connectivity index (χ0n) is 13.5. The van der Waals surface area contributed by atoms with Crippen LogP contribution in [0.15, 0.2) is 12.4 Å². The van der Waals surface area contributed by atoms with Crippen LogP contribution in [0.25, 0.3) is 0 Å². The van der Waals surface area contributed by atoms with Crippen LogP contribution < -0.4 is 11.1 Å². The molecular formula is C15H26N4O2. The molecule has 0 spiro atoms. The van der Waals surface area contributed by atoms with Gasteiger partial charge in [0.25, 0.3) is 0 Å². The van der Waals surface area contributed by atoms with Crippen molar-refractivity contribution >= 4 is 11.6 Å². The third kappa shape index (κ3) is 2.58. The first-order valence-electron chi connectivity index (χ1n) is 7.48. The lowest BCUT2D eigenvalue weighted by atomic mass is 9.54. The molecule has 6 heteroatoms. The van der Waals surface area contributed by atoms with Gasteiger partial charge in [0.1, 0.15) is 5.54 Å². The van der Waals surface area contributed by atoms with Gasteiger partial charge in [-0.15, -0.1) is 0 Å². The molecule has 1 aliphatic carbocycles. The van der Waals surface area contributed by atoms with Gasteiger partial charge in [-0.05, 0) is 20.8 Å². The van der Waals surface area contributed by atoms with Crippen molar-refractivity contribution in [2.24, 2.45) is 11.1 Å². The van der Waals surface area contributed by atoms with Crippen LogP contribution in [0.1, 0.15) is 47.1 Å². The lowest BCUT2D eigenvalue weighted by Gasteiger charge is -2.57. The van der Waals surface area contributed by atoms with Crippen molar-refractivity contribution in [2.75, 3.05) is 11.9 Å². The number of nitrogens with two attached hydrogens (primary N) is 1. The number of ether oxygens (including phenoxy) is 1. The molecule has 2 rings (SSSR count). The van der Waals surface area contributed by atoms with Gasteiger partial charge in [-0.3, -0.25) is 9.48 Å². The fraction of sp³-hybridized carbons (Fsp3) is 0.733. The van der Waals surface area contributed by atoms with Gasteiger partial charge in [0.2, 0.25) is 5.91 Å². The van der Waals surface area contributed by atoms with Crippen LogP contribution in [-0.4, -0.2) is 33.9 Å². The number of hydrogen-bond donors (Lipinski definition) is 2. The molecule has 0 aromatic carbocycles. The molecule has 3 N–H and O–H groups in total. The molecule has 6 nitrogen and oxygen atoms in total. The van der Waals surface area contributed by atoms with Gasteiger partial charge >= 0.3 is 0 Å². The van der Waals surface area contributed by atoms with Gasteiger partial charge in [-0.1, -0.05) is 13.8 Å². The van der Waals surface area contributed by atoms with Crippen molar-refractivity contribution in [3.63, 3.8) is 0 Å². The third-order valence-corrected chi connectivity index (χ3v) is 4.62. The second-order valence-corrected chi connectivity index (χ2v) is 6.60. The van der Waals surface area contributed by atoms with E-state index in [2.05, 4.69) is 10.4 Å². The molecule has 0 radical (unpaired) electrons. The fourth-order valence-corrected chi connectivity index (χ4v) is 2.75. The van der Waals surface area contributed by atoms with E-state index in [0.717, 1.165) is 0 Å². The maximum atomic E-state index is 12.5. The highest BCUT2D eigenvalue weighted by molar-refractivity contribution is 5.99.